The summed E-state index contributed by atoms with van der Waals surface area (Å²) < 4.78 is 61.9. The highest BCUT2D eigenvalue weighted by atomic mass is 32.2. The molecule has 0 fully saturated rings. The Morgan fingerprint density at radius 1 is 1.24 bits per heavy atom. The third kappa shape index (κ3) is 6.03. The van der Waals surface area contributed by atoms with E-state index in [-0.39, 0.29) is 4.90 Å². The molecule has 0 unspecified atom stereocenters. The van der Waals surface area contributed by atoms with Crippen LogP contribution in [0, 0.1) is 6.92 Å². The van der Waals surface area contributed by atoms with Gasteiger partial charge in [-0.05, 0) is 37.1 Å². The first-order valence-corrected chi connectivity index (χ1v) is 8.00. The maximum atomic E-state index is 12.2. The predicted molar refractivity (Wildman–Crippen MR) is 74.4 cm³/mol. The van der Waals surface area contributed by atoms with Gasteiger partial charge in [-0.1, -0.05) is 19.1 Å². The first kappa shape index (κ1) is 17.9. The van der Waals surface area contributed by atoms with Crippen LogP contribution in [0.3, 0.4) is 0 Å². The number of aryl methyl sites for hydroxylation is 1. The normalized spacial score (nSPS) is 12.6. The largest absolute Gasteiger partial charge is 0.402 e. The van der Waals surface area contributed by atoms with E-state index in [1.54, 1.807) is 23.8 Å². The van der Waals surface area contributed by atoms with Crippen molar-refractivity contribution in [2.45, 2.75) is 37.9 Å². The summed E-state index contributed by atoms with van der Waals surface area (Å²) in [7, 11) is -4.18. The molecule has 1 rings (SSSR count). The van der Waals surface area contributed by atoms with E-state index in [0.29, 0.717) is 17.7 Å². The molecule has 0 heterocycles. The topological polar surface area (TPSA) is 58.2 Å². The predicted octanol–water partition coefficient (Wildman–Crippen LogP) is 2.34. The molecule has 0 aliphatic heterocycles. The van der Waals surface area contributed by atoms with Gasteiger partial charge in [0.25, 0.3) is 0 Å². The summed E-state index contributed by atoms with van der Waals surface area (Å²) in [6, 6.07) is 4.74. The molecule has 0 amide bonds. The van der Waals surface area contributed by atoms with Gasteiger partial charge in [0.05, 0.1) is 4.90 Å². The summed E-state index contributed by atoms with van der Waals surface area (Å²) in [5, 5.41) is 3.11. The molecule has 0 atom stereocenters. The molecule has 0 aliphatic rings. The van der Waals surface area contributed by atoms with Crippen molar-refractivity contribution in [2.24, 2.45) is 0 Å². The fourth-order valence-corrected chi connectivity index (χ4v) is 3.02. The molecule has 120 valence electrons. The summed E-state index contributed by atoms with van der Waals surface area (Å²) >= 11 is 0. The Balaban J connectivity index is 2.92. The molecule has 2 N–H and O–H groups in total. The number of benzene rings is 1. The van der Waals surface area contributed by atoms with E-state index in [0.717, 1.165) is 13.0 Å². The van der Waals surface area contributed by atoms with Crippen LogP contribution in [0.4, 0.5) is 13.2 Å². The van der Waals surface area contributed by atoms with Crippen LogP contribution in [0.15, 0.2) is 23.1 Å². The van der Waals surface area contributed by atoms with Gasteiger partial charge in [0, 0.05) is 6.54 Å². The maximum absolute atomic E-state index is 12.2. The Morgan fingerprint density at radius 3 is 2.48 bits per heavy atom. The minimum absolute atomic E-state index is 0.123. The van der Waals surface area contributed by atoms with Gasteiger partial charge < -0.3 is 5.32 Å². The Hall–Kier alpha value is -1.12. The minimum atomic E-state index is -4.58. The Morgan fingerprint density at radius 2 is 1.90 bits per heavy atom. The second-order valence-corrected chi connectivity index (χ2v) is 6.45. The van der Waals surface area contributed by atoms with Crippen LogP contribution in [-0.4, -0.2) is 27.7 Å². The van der Waals surface area contributed by atoms with Crippen LogP contribution in [0.1, 0.15) is 24.5 Å². The van der Waals surface area contributed by atoms with Gasteiger partial charge in [-0.3, -0.25) is 0 Å². The average molecular weight is 324 g/mol. The number of alkyl halides is 3. The van der Waals surface area contributed by atoms with Crippen LogP contribution in [0.5, 0.6) is 0 Å². The lowest BCUT2D eigenvalue weighted by molar-refractivity contribution is -0.121. The summed E-state index contributed by atoms with van der Waals surface area (Å²) in [6.45, 7) is 3.22. The number of hydrogen-bond donors (Lipinski definition) is 2. The Bertz CT molecular complexity index is 571. The fourth-order valence-electron chi connectivity index (χ4n) is 1.71. The van der Waals surface area contributed by atoms with Crippen LogP contribution >= 0.6 is 0 Å². The van der Waals surface area contributed by atoms with Crippen LogP contribution in [0.2, 0.25) is 0 Å². The molecule has 0 saturated carbocycles. The molecule has 1 aromatic carbocycles. The third-order valence-corrected chi connectivity index (χ3v) is 4.30. The highest BCUT2D eigenvalue weighted by molar-refractivity contribution is 7.89. The molecule has 0 radical (unpaired) electrons. The zero-order valence-electron chi connectivity index (χ0n) is 11.9. The second kappa shape index (κ2) is 7.24. The minimum Gasteiger partial charge on any atom is -0.313 e. The number of sulfonamides is 1. The van der Waals surface area contributed by atoms with Crippen molar-refractivity contribution in [2.75, 3.05) is 13.1 Å². The van der Waals surface area contributed by atoms with Crippen LogP contribution < -0.4 is 10.0 Å². The lowest BCUT2D eigenvalue weighted by Crippen LogP contribution is -2.34. The summed E-state index contributed by atoms with van der Waals surface area (Å²) in [4.78, 5) is -0.123. The monoisotopic (exact) mass is 324 g/mol. The molecule has 4 nitrogen and oxygen atoms in total. The standard InChI is InChI=1S/C13H19F3N2O2S/c1-3-6-17-8-11-5-4-10(2)12(7-11)21(19,20)18-9-13(14,15)16/h4-5,7,17-18H,3,6,8-9H2,1-2H3. The molecule has 21 heavy (non-hydrogen) atoms. The number of hydrogen-bond acceptors (Lipinski definition) is 3. The molecular formula is C13H19F3N2O2S. The van der Waals surface area contributed by atoms with Crippen LogP contribution in [-0.2, 0) is 16.6 Å². The third-order valence-electron chi connectivity index (χ3n) is 2.76. The van der Waals surface area contributed by atoms with Gasteiger partial charge in [-0.15, -0.1) is 0 Å². The number of nitrogens with one attached hydrogen (secondary N) is 2. The summed E-state index contributed by atoms with van der Waals surface area (Å²) in [6.07, 6.45) is -3.65. The molecule has 0 saturated heterocycles. The summed E-state index contributed by atoms with van der Waals surface area (Å²) in [5.74, 6) is 0. The lowest BCUT2D eigenvalue weighted by atomic mass is 10.1. The first-order valence-electron chi connectivity index (χ1n) is 6.52. The van der Waals surface area contributed by atoms with E-state index in [9.17, 15) is 21.6 Å². The van der Waals surface area contributed by atoms with E-state index < -0.39 is 22.7 Å². The van der Waals surface area contributed by atoms with Gasteiger partial charge in [0.1, 0.15) is 6.54 Å². The van der Waals surface area contributed by atoms with E-state index in [1.807, 2.05) is 6.92 Å². The first-order chi connectivity index (χ1) is 9.65. The van der Waals surface area contributed by atoms with Crippen molar-refractivity contribution in [3.05, 3.63) is 29.3 Å². The van der Waals surface area contributed by atoms with E-state index >= 15 is 0 Å². The molecule has 0 aliphatic carbocycles. The summed E-state index contributed by atoms with van der Waals surface area (Å²) in [5.41, 5.74) is 1.12. The van der Waals surface area contributed by atoms with E-state index in [1.165, 1.54) is 6.07 Å². The highest BCUT2D eigenvalue weighted by Gasteiger charge is 2.30. The maximum Gasteiger partial charge on any atom is 0.402 e. The van der Waals surface area contributed by atoms with Crippen molar-refractivity contribution in [3.63, 3.8) is 0 Å². The SMILES string of the molecule is CCCNCc1ccc(C)c(S(=O)(=O)NCC(F)(F)F)c1. The van der Waals surface area contributed by atoms with Gasteiger partial charge in [-0.25, -0.2) is 13.1 Å². The zero-order valence-corrected chi connectivity index (χ0v) is 12.7. The van der Waals surface area contributed by atoms with Crippen molar-refractivity contribution >= 4 is 10.0 Å². The van der Waals surface area contributed by atoms with Gasteiger partial charge in [0.15, 0.2) is 0 Å². The van der Waals surface area contributed by atoms with Crippen molar-refractivity contribution in [3.8, 4) is 0 Å². The van der Waals surface area contributed by atoms with Gasteiger partial charge >= 0.3 is 6.18 Å². The fraction of sp³-hybridized carbons (Fsp3) is 0.538. The second-order valence-electron chi connectivity index (χ2n) is 4.72. The number of rotatable bonds is 7. The molecular weight excluding hydrogens is 305 g/mol. The molecule has 8 heteroatoms. The lowest BCUT2D eigenvalue weighted by Gasteiger charge is -2.13. The molecule has 0 aromatic heterocycles. The van der Waals surface area contributed by atoms with Gasteiger partial charge in [0.2, 0.25) is 10.0 Å². The Labute approximate surface area is 122 Å². The van der Waals surface area contributed by atoms with E-state index in [2.05, 4.69) is 5.32 Å². The smallest absolute Gasteiger partial charge is 0.313 e. The van der Waals surface area contributed by atoms with Crippen molar-refractivity contribution in [1.29, 1.82) is 0 Å². The highest BCUT2D eigenvalue weighted by Crippen LogP contribution is 2.19. The van der Waals surface area contributed by atoms with E-state index in [4.69, 9.17) is 0 Å². The average Bonchev–Trinajstić information content (AvgIpc) is 2.38. The molecule has 0 bridgehead atoms. The molecule has 1 aromatic rings. The van der Waals surface area contributed by atoms with Gasteiger partial charge in [-0.2, -0.15) is 13.2 Å². The number of halogens is 3. The zero-order chi connectivity index (χ0) is 16.1. The van der Waals surface area contributed by atoms with Crippen molar-refractivity contribution in [1.82, 2.24) is 10.0 Å². The van der Waals surface area contributed by atoms with Crippen LogP contribution in [0.25, 0.3) is 0 Å². The Kier molecular flexibility index (Phi) is 6.18. The quantitative estimate of drug-likeness (QED) is 0.757. The molecule has 0 spiro atoms. The van der Waals surface area contributed by atoms with Crippen molar-refractivity contribution < 1.29 is 21.6 Å².